The zero-order chi connectivity index (χ0) is 13.2. The Labute approximate surface area is 112 Å². The van der Waals surface area contributed by atoms with Crippen molar-refractivity contribution in [3.8, 4) is 0 Å². The highest BCUT2D eigenvalue weighted by atomic mass is 14.9. The molecule has 100 valence electrons. The van der Waals surface area contributed by atoms with Crippen molar-refractivity contribution >= 4 is 0 Å². The highest BCUT2D eigenvalue weighted by Gasteiger charge is 2.29. The highest BCUT2D eigenvalue weighted by molar-refractivity contribution is 5.26. The van der Waals surface area contributed by atoms with Gasteiger partial charge in [-0.2, -0.15) is 0 Å². The molecule has 1 saturated carbocycles. The number of aryl methyl sites for hydroxylation is 1. The van der Waals surface area contributed by atoms with E-state index in [1.165, 1.54) is 30.4 Å². The number of hydrogen-bond acceptors (Lipinski definition) is 1. The monoisotopic (exact) mass is 245 g/mol. The Morgan fingerprint density at radius 3 is 2.28 bits per heavy atom. The quantitative estimate of drug-likeness (QED) is 0.835. The summed E-state index contributed by atoms with van der Waals surface area (Å²) in [7, 11) is 0. The van der Waals surface area contributed by atoms with E-state index in [0.717, 1.165) is 18.5 Å². The van der Waals surface area contributed by atoms with Crippen LogP contribution in [0.5, 0.6) is 0 Å². The maximum atomic E-state index is 3.69. The first-order chi connectivity index (χ1) is 8.44. The van der Waals surface area contributed by atoms with Gasteiger partial charge in [-0.3, -0.25) is 0 Å². The summed E-state index contributed by atoms with van der Waals surface area (Å²) in [4.78, 5) is 0. The van der Waals surface area contributed by atoms with Crippen LogP contribution in [0.2, 0.25) is 0 Å². The Balaban J connectivity index is 1.69. The molecule has 1 fully saturated rings. The van der Waals surface area contributed by atoms with E-state index in [0.29, 0.717) is 5.41 Å². The Morgan fingerprint density at radius 2 is 1.72 bits per heavy atom. The van der Waals surface area contributed by atoms with Crippen molar-refractivity contribution < 1.29 is 0 Å². The van der Waals surface area contributed by atoms with E-state index in [2.05, 4.69) is 57.3 Å². The first-order valence-electron chi connectivity index (χ1n) is 7.24. The molecule has 2 rings (SSSR count). The summed E-state index contributed by atoms with van der Waals surface area (Å²) in [5.41, 5.74) is 3.33. The van der Waals surface area contributed by atoms with Gasteiger partial charge in [0.05, 0.1) is 0 Å². The Bertz CT molecular complexity index is 366. The summed E-state index contributed by atoms with van der Waals surface area (Å²) >= 11 is 0. The van der Waals surface area contributed by atoms with Crippen LogP contribution in [0.3, 0.4) is 0 Å². The third-order valence-electron chi connectivity index (χ3n) is 3.99. The van der Waals surface area contributed by atoms with Crippen LogP contribution < -0.4 is 5.32 Å². The van der Waals surface area contributed by atoms with Crippen molar-refractivity contribution in [2.24, 2.45) is 5.41 Å². The average molecular weight is 245 g/mol. The second-order valence-electron chi connectivity index (χ2n) is 7.04. The van der Waals surface area contributed by atoms with E-state index >= 15 is 0 Å². The molecule has 0 bridgehead atoms. The van der Waals surface area contributed by atoms with Crippen LogP contribution in [-0.4, -0.2) is 12.6 Å². The van der Waals surface area contributed by atoms with Crippen molar-refractivity contribution in [1.29, 1.82) is 0 Å². The minimum absolute atomic E-state index is 0.451. The normalized spacial score (nSPS) is 23.8. The molecular weight excluding hydrogens is 218 g/mol. The Hall–Kier alpha value is -0.820. The van der Waals surface area contributed by atoms with Gasteiger partial charge in [0, 0.05) is 6.04 Å². The number of benzene rings is 1. The van der Waals surface area contributed by atoms with Gasteiger partial charge in [0.2, 0.25) is 0 Å². The van der Waals surface area contributed by atoms with Crippen LogP contribution >= 0.6 is 0 Å². The predicted molar refractivity (Wildman–Crippen MR) is 79.0 cm³/mol. The van der Waals surface area contributed by atoms with Crippen molar-refractivity contribution in [3.05, 3.63) is 35.4 Å². The molecule has 18 heavy (non-hydrogen) atoms. The van der Waals surface area contributed by atoms with Gasteiger partial charge in [0.15, 0.2) is 0 Å². The third-order valence-corrected chi connectivity index (χ3v) is 3.99. The second-order valence-corrected chi connectivity index (χ2v) is 7.04. The van der Waals surface area contributed by atoms with Crippen LogP contribution in [0.1, 0.15) is 57.1 Å². The third kappa shape index (κ3) is 3.84. The molecule has 1 N–H and O–H groups in total. The van der Waals surface area contributed by atoms with Crippen LogP contribution in [-0.2, 0) is 0 Å². The summed E-state index contributed by atoms with van der Waals surface area (Å²) in [5.74, 6) is 0.790. The van der Waals surface area contributed by atoms with Gasteiger partial charge in [0.25, 0.3) is 0 Å². The SMILES string of the molecule is Cc1ccc(C2CC(NCCC(C)(C)C)C2)cc1. The molecule has 0 amide bonds. The Morgan fingerprint density at radius 1 is 1.11 bits per heavy atom. The van der Waals surface area contributed by atoms with Gasteiger partial charge in [-0.25, -0.2) is 0 Å². The summed E-state index contributed by atoms with van der Waals surface area (Å²) in [6, 6.07) is 9.81. The molecule has 1 aromatic rings. The summed E-state index contributed by atoms with van der Waals surface area (Å²) in [6.07, 6.45) is 3.89. The Kier molecular flexibility index (Phi) is 4.11. The van der Waals surface area contributed by atoms with E-state index in [-0.39, 0.29) is 0 Å². The topological polar surface area (TPSA) is 12.0 Å². The summed E-state index contributed by atoms with van der Waals surface area (Å²) < 4.78 is 0. The van der Waals surface area contributed by atoms with E-state index < -0.39 is 0 Å². The molecule has 1 aliphatic rings. The molecule has 0 aromatic heterocycles. The van der Waals surface area contributed by atoms with E-state index in [1.807, 2.05) is 0 Å². The summed E-state index contributed by atoms with van der Waals surface area (Å²) in [5, 5.41) is 3.69. The van der Waals surface area contributed by atoms with Crippen molar-refractivity contribution in [2.75, 3.05) is 6.54 Å². The zero-order valence-corrected chi connectivity index (χ0v) is 12.3. The molecule has 0 atom stereocenters. The molecule has 0 saturated heterocycles. The lowest BCUT2D eigenvalue weighted by atomic mass is 9.75. The number of hydrogen-bond donors (Lipinski definition) is 1. The first-order valence-corrected chi connectivity index (χ1v) is 7.24. The molecule has 1 aliphatic carbocycles. The van der Waals surface area contributed by atoms with Crippen molar-refractivity contribution in [1.82, 2.24) is 5.32 Å². The molecule has 1 nitrogen and oxygen atoms in total. The molecular formula is C17H27N. The van der Waals surface area contributed by atoms with Crippen molar-refractivity contribution in [2.45, 2.75) is 58.9 Å². The minimum atomic E-state index is 0.451. The molecule has 0 aliphatic heterocycles. The van der Waals surface area contributed by atoms with E-state index in [1.54, 1.807) is 0 Å². The van der Waals surface area contributed by atoms with Crippen LogP contribution in [0.15, 0.2) is 24.3 Å². The zero-order valence-electron chi connectivity index (χ0n) is 12.3. The molecule has 1 heteroatoms. The standard InChI is InChI=1S/C17H27N/c1-13-5-7-14(8-6-13)15-11-16(12-15)18-10-9-17(2,3)4/h5-8,15-16,18H,9-12H2,1-4H3. The maximum absolute atomic E-state index is 3.69. The predicted octanol–water partition coefficient (Wildman–Crippen LogP) is 4.27. The van der Waals surface area contributed by atoms with Crippen molar-refractivity contribution in [3.63, 3.8) is 0 Å². The lowest BCUT2D eigenvalue weighted by Crippen LogP contribution is -2.41. The first kappa shape index (κ1) is 13.6. The van der Waals surface area contributed by atoms with E-state index in [4.69, 9.17) is 0 Å². The molecule has 0 radical (unpaired) electrons. The van der Waals surface area contributed by atoms with Gasteiger partial charge in [0.1, 0.15) is 0 Å². The van der Waals surface area contributed by atoms with Crippen LogP contribution in [0, 0.1) is 12.3 Å². The van der Waals surface area contributed by atoms with E-state index in [9.17, 15) is 0 Å². The molecule has 0 spiro atoms. The summed E-state index contributed by atoms with van der Waals surface area (Å²) in [6.45, 7) is 10.2. The van der Waals surface area contributed by atoms with Gasteiger partial charge in [-0.15, -0.1) is 0 Å². The lowest BCUT2D eigenvalue weighted by molar-refractivity contribution is 0.270. The average Bonchev–Trinajstić information content (AvgIpc) is 2.22. The number of nitrogens with one attached hydrogen (secondary N) is 1. The fourth-order valence-corrected chi connectivity index (χ4v) is 2.55. The van der Waals surface area contributed by atoms with Crippen LogP contribution in [0.4, 0.5) is 0 Å². The van der Waals surface area contributed by atoms with Gasteiger partial charge >= 0.3 is 0 Å². The highest BCUT2D eigenvalue weighted by Crippen LogP contribution is 2.37. The van der Waals surface area contributed by atoms with Gasteiger partial charge in [-0.1, -0.05) is 50.6 Å². The molecule has 0 heterocycles. The smallest absolute Gasteiger partial charge is 0.00787 e. The fraction of sp³-hybridized carbons (Fsp3) is 0.647. The van der Waals surface area contributed by atoms with Crippen LogP contribution in [0.25, 0.3) is 0 Å². The molecule has 1 aromatic carbocycles. The van der Waals surface area contributed by atoms with Gasteiger partial charge < -0.3 is 5.32 Å². The lowest BCUT2D eigenvalue weighted by Gasteiger charge is -2.37. The number of rotatable bonds is 4. The largest absolute Gasteiger partial charge is 0.314 e. The fourth-order valence-electron chi connectivity index (χ4n) is 2.55. The molecule has 0 unspecified atom stereocenters. The second kappa shape index (κ2) is 5.44. The van der Waals surface area contributed by atoms with Gasteiger partial charge in [-0.05, 0) is 49.6 Å². The maximum Gasteiger partial charge on any atom is 0.00787 e. The minimum Gasteiger partial charge on any atom is -0.314 e.